The van der Waals surface area contributed by atoms with E-state index in [2.05, 4.69) is 25.4 Å². The summed E-state index contributed by atoms with van der Waals surface area (Å²) in [5.74, 6) is 0.477. The number of nitrogens with zero attached hydrogens (tertiary/aromatic N) is 5. The molecule has 4 rings (SSSR count). The molecule has 3 aromatic rings. The number of rotatable bonds is 5. The van der Waals surface area contributed by atoms with Crippen molar-refractivity contribution in [3.05, 3.63) is 24.2 Å². The zero-order valence-electron chi connectivity index (χ0n) is 16.1. The standard InChI is InChI=1S/C18H22FN7O3/c1-3-26-8-11(7-21-26)22-17-23-15-14(10(2)6-20-15)16(24-17)29-13-9-25(18(27)28)5-4-12(13)19/h6-8,12-13H,3-5,9H2,1-2H3,(H,27,28)(H2,20,22,23,24)/t12-,13+/m1/s1. The monoisotopic (exact) mass is 403 g/mol. The predicted octanol–water partition coefficient (Wildman–Crippen LogP) is 2.70. The number of likely N-dealkylation sites (tertiary alicyclic amines) is 1. The molecule has 0 saturated carbocycles. The highest BCUT2D eigenvalue weighted by Crippen LogP contribution is 2.30. The number of H-pyrrole nitrogens is 1. The molecule has 1 aliphatic heterocycles. The lowest BCUT2D eigenvalue weighted by molar-refractivity contribution is 0.0215. The lowest BCUT2D eigenvalue weighted by Gasteiger charge is -2.33. The van der Waals surface area contributed by atoms with Gasteiger partial charge in [-0.3, -0.25) is 4.68 Å². The Kier molecular flexibility index (Phi) is 4.95. The summed E-state index contributed by atoms with van der Waals surface area (Å²) in [5, 5.41) is 17.1. The number of halogens is 1. The molecule has 10 nitrogen and oxygen atoms in total. The number of amides is 1. The number of hydrogen-bond donors (Lipinski definition) is 3. The van der Waals surface area contributed by atoms with Crippen LogP contribution in [0.15, 0.2) is 18.6 Å². The summed E-state index contributed by atoms with van der Waals surface area (Å²) in [6, 6.07) is 0. The van der Waals surface area contributed by atoms with Crippen LogP contribution in [-0.4, -0.2) is 66.2 Å². The number of carboxylic acid groups (broad SMARTS) is 1. The molecular weight excluding hydrogens is 381 g/mol. The second kappa shape index (κ2) is 7.57. The van der Waals surface area contributed by atoms with Crippen LogP contribution in [0.1, 0.15) is 18.9 Å². The van der Waals surface area contributed by atoms with Gasteiger partial charge in [0.1, 0.15) is 17.9 Å². The van der Waals surface area contributed by atoms with E-state index >= 15 is 0 Å². The number of piperidine rings is 1. The van der Waals surface area contributed by atoms with Crippen molar-refractivity contribution in [2.75, 3.05) is 18.4 Å². The zero-order valence-corrected chi connectivity index (χ0v) is 16.1. The van der Waals surface area contributed by atoms with Crippen LogP contribution in [0, 0.1) is 6.92 Å². The Balaban J connectivity index is 1.65. The van der Waals surface area contributed by atoms with Crippen LogP contribution in [0.2, 0.25) is 0 Å². The average Bonchev–Trinajstić information content (AvgIpc) is 3.30. The fourth-order valence-electron chi connectivity index (χ4n) is 3.34. The summed E-state index contributed by atoms with van der Waals surface area (Å²) < 4.78 is 22.1. The Morgan fingerprint density at radius 3 is 3.03 bits per heavy atom. The molecule has 11 heteroatoms. The first-order chi connectivity index (χ1) is 13.9. The number of carbonyl (C=O) groups is 1. The van der Waals surface area contributed by atoms with Crippen molar-refractivity contribution in [1.29, 1.82) is 0 Å². The number of ether oxygens (including phenoxy) is 1. The Labute approximate surface area is 165 Å². The van der Waals surface area contributed by atoms with E-state index < -0.39 is 18.4 Å². The summed E-state index contributed by atoms with van der Waals surface area (Å²) in [4.78, 5) is 24.4. The fraction of sp³-hybridized carbons (Fsp3) is 0.444. The van der Waals surface area contributed by atoms with Crippen LogP contribution < -0.4 is 10.1 Å². The van der Waals surface area contributed by atoms with Gasteiger partial charge in [-0.05, 0) is 19.4 Å². The molecular formula is C18H22FN7O3. The van der Waals surface area contributed by atoms with E-state index in [-0.39, 0.29) is 31.3 Å². The van der Waals surface area contributed by atoms with Gasteiger partial charge in [0.25, 0.3) is 0 Å². The lowest BCUT2D eigenvalue weighted by atomic mass is 10.1. The highest BCUT2D eigenvalue weighted by molar-refractivity contribution is 5.86. The van der Waals surface area contributed by atoms with Crippen LogP contribution in [0.4, 0.5) is 20.8 Å². The zero-order chi connectivity index (χ0) is 20.5. The van der Waals surface area contributed by atoms with E-state index in [1.807, 2.05) is 20.0 Å². The van der Waals surface area contributed by atoms with E-state index in [0.717, 1.165) is 17.0 Å². The topological polar surface area (TPSA) is 121 Å². The molecule has 0 bridgehead atoms. The van der Waals surface area contributed by atoms with Gasteiger partial charge in [0.05, 0.1) is 23.8 Å². The van der Waals surface area contributed by atoms with Crippen molar-refractivity contribution in [1.82, 2.24) is 29.6 Å². The fourth-order valence-corrected chi connectivity index (χ4v) is 3.34. The molecule has 0 radical (unpaired) electrons. The van der Waals surface area contributed by atoms with Gasteiger partial charge >= 0.3 is 6.09 Å². The number of aryl methyl sites for hydroxylation is 2. The first-order valence-electron chi connectivity index (χ1n) is 9.38. The SMILES string of the molecule is CCn1cc(Nc2nc(O[C@H]3CN(C(=O)O)CC[C@H]3F)c3c(C)c[nH]c3n2)cn1. The summed E-state index contributed by atoms with van der Waals surface area (Å²) in [7, 11) is 0. The van der Waals surface area contributed by atoms with Gasteiger partial charge in [0.15, 0.2) is 0 Å². The van der Waals surface area contributed by atoms with Gasteiger partial charge in [-0.2, -0.15) is 15.1 Å². The third-order valence-corrected chi connectivity index (χ3v) is 4.92. The number of hydrogen-bond acceptors (Lipinski definition) is 6. The molecule has 0 spiro atoms. The molecule has 1 fully saturated rings. The molecule has 0 unspecified atom stereocenters. The normalized spacial score (nSPS) is 19.5. The predicted molar refractivity (Wildman–Crippen MR) is 103 cm³/mol. The molecule has 1 saturated heterocycles. The van der Waals surface area contributed by atoms with Crippen LogP contribution >= 0.6 is 0 Å². The maximum Gasteiger partial charge on any atom is 0.407 e. The third kappa shape index (κ3) is 3.80. The van der Waals surface area contributed by atoms with Gasteiger partial charge in [-0.15, -0.1) is 0 Å². The van der Waals surface area contributed by atoms with Gasteiger partial charge in [0, 0.05) is 31.9 Å². The number of aromatic nitrogens is 5. The van der Waals surface area contributed by atoms with Gasteiger partial charge in [0.2, 0.25) is 11.8 Å². The molecule has 1 aliphatic rings. The molecule has 2 atom stereocenters. The minimum absolute atomic E-state index is 0.0580. The molecule has 3 aromatic heterocycles. The Hall–Kier alpha value is -3.37. The molecule has 154 valence electrons. The van der Waals surface area contributed by atoms with E-state index in [0.29, 0.717) is 16.7 Å². The van der Waals surface area contributed by atoms with Crippen molar-refractivity contribution in [3.8, 4) is 5.88 Å². The van der Waals surface area contributed by atoms with Gasteiger partial charge in [-0.25, -0.2) is 9.18 Å². The second-order valence-electron chi connectivity index (χ2n) is 6.95. The molecule has 0 aromatic carbocycles. The number of aromatic amines is 1. The summed E-state index contributed by atoms with van der Waals surface area (Å²) in [6.07, 6.45) is 2.00. The molecule has 0 aliphatic carbocycles. The highest BCUT2D eigenvalue weighted by atomic mass is 19.1. The summed E-state index contributed by atoms with van der Waals surface area (Å²) >= 11 is 0. The van der Waals surface area contributed by atoms with E-state index in [9.17, 15) is 14.3 Å². The maximum absolute atomic E-state index is 14.5. The Bertz CT molecular complexity index is 1030. The molecule has 29 heavy (non-hydrogen) atoms. The number of fused-ring (bicyclic) bond motifs is 1. The van der Waals surface area contributed by atoms with Crippen molar-refractivity contribution < 1.29 is 19.0 Å². The average molecular weight is 403 g/mol. The maximum atomic E-state index is 14.5. The molecule has 4 heterocycles. The number of nitrogens with one attached hydrogen (secondary N) is 2. The molecule has 1 amide bonds. The lowest BCUT2D eigenvalue weighted by Crippen LogP contribution is -2.49. The van der Waals surface area contributed by atoms with Crippen molar-refractivity contribution in [3.63, 3.8) is 0 Å². The number of alkyl halides is 1. The van der Waals surface area contributed by atoms with E-state index in [4.69, 9.17) is 4.74 Å². The molecule has 3 N–H and O–H groups in total. The van der Waals surface area contributed by atoms with Crippen LogP contribution in [0.5, 0.6) is 5.88 Å². The summed E-state index contributed by atoms with van der Waals surface area (Å²) in [5.41, 5.74) is 2.10. The number of anilines is 2. The Morgan fingerprint density at radius 2 is 2.31 bits per heavy atom. The van der Waals surface area contributed by atoms with Gasteiger partial charge < -0.3 is 25.0 Å². The highest BCUT2D eigenvalue weighted by Gasteiger charge is 2.34. The van der Waals surface area contributed by atoms with E-state index in [1.165, 1.54) is 0 Å². The van der Waals surface area contributed by atoms with E-state index in [1.54, 1.807) is 17.1 Å². The first-order valence-corrected chi connectivity index (χ1v) is 9.38. The largest absolute Gasteiger partial charge is 0.469 e. The summed E-state index contributed by atoms with van der Waals surface area (Å²) in [6.45, 7) is 4.66. The quantitative estimate of drug-likeness (QED) is 0.599. The van der Waals surface area contributed by atoms with Crippen LogP contribution in [0.3, 0.4) is 0 Å². The van der Waals surface area contributed by atoms with Crippen molar-refractivity contribution >= 4 is 28.8 Å². The van der Waals surface area contributed by atoms with Crippen LogP contribution in [-0.2, 0) is 6.54 Å². The minimum Gasteiger partial charge on any atom is -0.469 e. The third-order valence-electron chi connectivity index (χ3n) is 4.92. The second-order valence-corrected chi connectivity index (χ2v) is 6.95. The Morgan fingerprint density at radius 1 is 1.48 bits per heavy atom. The van der Waals surface area contributed by atoms with Crippen molar-refractivity contribution in [2.24, 2.45) is 0 Å². The minimum atomic E-state index is -1.28. The van der Waals surface area contributed by atoms with Gasteiger partial charge in [-0.1, -0.05) is 0 Å². The smallest absolute Gasteiger partial charge is 0.407 e. The van der Waals surface area contributed by atoms with Crippen molar-refractivity contribution in [2.45, 2.75) is 39.1 Å². The first kappa shape index (κ1) is 19.0. The van der Waals surface area contributed by atoms with Crippen LogP contribution in [0.25, 0.3) is 11.0 Å².